The van der Waals surface area contributed by atoms with Gasteiger partial charge in [0.25, 0.3) is 0 Å². The molecule has 0 aliphatic carbocycles. The van der Waals surface area contributed by atoms with E-state index in [-0.39, 0.29) is 32.9 Å². The molecule has 3 atom stereocenters. The second kappa shape index (κ2) is 19.4. The van der Waals surface area contributed by atoms with Crippen LogP contribution in [0.4, 0.5) is 0 Å². The Morgan fingerprint density at radius 3 is 1.62 bits per heavy atom. The molecule has 0 aromatic rings. The zero-order valence-electron chi connectivity index (χ0n) is 19.3. The Morgan fingerprint density at radius 2 is 1.16 bits per heavy atom. The van der Waals surface area contributed by atoms with E-state index in [0.717, 1.165) is 6.42 Å². The second-order valence-electron chi connectivity index (χ2n) is 7.80. The number of aliphatic hydroxyl groups is 1. The van der Waals surface area contributed by atoms with Crippen LogP contribution in [0, 0.1) is 0 Å². The number of aliphatic hydroxyl groups excluding tert-OH is 1. The largest absolute Gasteiger partial charge is 0.388 e. The van der Waals surface area contributed by atoms with Crippen LogP contribution in [0.5, 0.6) is 0 Å². The number of hydrogen-bond donors (Lipinski definition) is 3. The van der Waals surface area contributed by atoms with E-state index in [2.05, 4.69) is 0 Å². The molecule has 0 rings (SSSR count). The Morgan fingerprint density at radius 1 is 0.688 bits per heavy atom. The maximum atomic E-state index is 11.8. The van der Waals surface area contributed by atoms with Crippen LogP contribution >= 0.6 is 15.0 Å². The lowest BCUT2D eigenvalue weighted by atomic mass is 10.4. The highest BCUT2D eigenvalue weighted by Gasteiger charge is 2.25. The lowest BCUT2D eigenvalue weighted by molar-refractivity contribution is -0.0252. The summed E-state index contributed by atoms with van der Waals surface area (Å²) >= 11 is 0. The fourth-order valence-corrected chi connectivity index (χ4v) is 3.95. The summed E-state index contributed by atoms with van der Waals surface area (Å²) in [6.45, 7) is 9.29. The van der Waals surface area contributed by atoms with Gasteiger partial charge in [-0.2, -0.15) is 0 Å². The highest BCUT2D eigenvalue weighted by molar-refractivity contribution is 7.58. The van der Waals surface area contributed by atoms with Gasteiger partial charge in [0, 0.05) is 18.4 Å². The summed E-state index contributed by atoms with van der Waals surface area (Å²) in [6, 6.07) is 0. The van der Waals surface area contributed by atoms with Crippen LogP contribution < -0.4 is 0 Å². The first kappa shape index (κ1) is 34.3. The molecule has 0 aromatic heterocycles. The van der Waals surface area contributed by atoms with Crippen molar-refractivity contribution in [3.63, 3.8) is 0 Å². The Balaban J connectivity index is 0. The van der Waals surface area contributed by atoms with Crippen LogP contribution in [-0.2, 0) is 32.6 Å². The molecule has 0 aliphatic heterocycles. The van der Waals surface area contributed by atoms with Crippen LogP contribution in [0.25, 0.3) is 0 Å². The van der Waals surface area contributed by atoms with Crippen molar-refractivity contribution in [2.75, 3.05) is 65.6 Å². The van der Waals surface area contributed by atoms with Crippen LogP contribution in [0.1, 0.15) is 48.0 Å². The number of hydrogen-bond acceptors (Lipinski definition) is 8. The third-order valence-electron chi connectivity index (χ3n) is 4.35. The van der Waals surface area contributed by atoms with Crippen LogP contribution in [0.2, 0.25) is 0 Å². The number of rotatable bonds is 21. The molecule has 0 saturated carbocycles. The molecule has 32 heavy (non-hydrogen) atoms. The monoisotopic (exact) mass is 508 g/mol. The van der Waals surface area contributed by atoms with Gasteiger partial charge in [-0.3, -0.25) is 9.13 Å². The lowest BCUT2D eigenvalue weighted by Crippen LogP contribution is -2.23. The van der Waals surface area contributed by atoms with Crippen LogP contribution in [0.3, 0.4) is 0 Å². The maximum absolute atomic E-state index is 11.8. The first-order valence-corrected chi connectivity index (χ1v) is 14.3. The minimum absolute atomic E-state index is 0. The predicted molar refractivity (Wildman–Crippen MR) is 126 cm³/mol. The van der Waals surface area contributed by atoms with Gasteiger partial charge in [0.15, 0.2) is 0 Å². The summed E-state index contributed by atoms with van der Waals surface area (Å²) in [6.07, 6.45) is 0.776. The molecule has 0 radical (unpaired) electrons. The minimum Gasteiger partial charge on any atom is -0.388 e. The molecule has 0 saturated heterocycles. The average molecular weight is 509 g/mol. The van der Waals surface area contributed by atoms with Crippen molar-refractivity contribution in [1.82, 2.24) is 0 Å². The molecule has 0 amide bonds. The summed E-state index contributed by atoms with van der Waals surface area (Å²) in [5.41, 5.74) is -0.717. The van der Waals surface area contributed by atoms with Gasteiger partial charge in [-0.1, -0.05) is 35.1 Å². The third kappa shape index (κ3) is 18.6. The first-order chi connectivity index (χ1) is 14.5. The first-order valence-electron chi connectivity index (χ1n) is 10.8. The van der Waals surface area contributed by atoms with E-state index in [1.807, 2.05) is 0 Å². The predicted octanol–water partition coefficient (Wildman–Crippen LogP) is 3.12. The van der Waals surface area contributed by atoms with Gasteiger partial charge >= 0.3 is 7.60 Å². The van der Waals surface area contributed by atoms with Crippen molar-refractivity contribution in [1.29, 1.82) is 0 Å². The van der Waals surface area contributed by atoms with Gasteiger partial charge in [-0.15, -0.1) is 0 Å². The van der Waals surface area contributed by atoms with E-state index in [9.17, 15) is 24.0 Å². The molecule has 3 N–H and O–H groups in total. The van der Waals surface area contributed by atoms with Crippen molar-refractivity contribution in [3.8, 4) is 0 Å². The topological polar surface area (TPSA) is 141 Å². The molecule has 0 aliphatic rings. The minimum atomic E-state index is -3.68. The Bertz CT molecular complexity index is 531. The van der Waals surface area contributed by atoms with Crippen molar-refractivity contribution in [2.45, 2.75) is 65.4 Å². The molecular weight excluding hydrogens is 462 g/mol. The third-order valence-corrected chi connectivity index (χ3v) is 8.75. The Hall–Kier alpha value is 0.140. The van der Waals surface area contributed by atoms with Crippen molar-refractivity contribution >= 4 is 15.0 Å². The van der Waals surface area contributed by atoms with E-state index < -0.39 is 26.7 Å². The second-order valence-corrected chi connectivity index (χ2v) is 13.2. The maximum Gasteiger partial charge on any atom is 0.330 e. The standard InChI is InChI=1S/C19H42O10P2.CH4/c1-17(2)30(21,22)14-6-5-7-25-8-9-26-10-11-27-12-13-28-15-19(20)16-29-31(23,24)18(3)4;/h17-20H,5-16H2,1-4H3,(H,21,22)(H,23,24);1H4. The molecule has 12 heteroatoms. The van der Waals surface area contributed by atoms with E-state index in [1.165, 1.54) is 0 Å². The highest BCUT2D eigenvalue weighted by Crippen LogP contribution is 2.47. The molecule has 3 unspecified atom stereocenters. The van der Waals surface area contributed by atoms with Gasteiger partial charge in [0.05, 0.1) is 58.5 Å². The summed E-state index contributed by atoms with van der Waals surface area (Å²) in [7, 11) is -6.69. The zero-order valence-corrected chi connectivity index (χ0v) is 21.1. The SMILES string of the molecule is C.CC(C)P(=O)(O)CCCCOCCOCCOCCOCC(O)COP(=O)(O)C(C)C. The van der Waals surface area contributed by atoms with Gasteiger partial charge < -0.3 is 38.4 Å². The molecule has 0 bridgehead atoms. The van der Waals surface area contributed by atoms with Crippen molar-refractivity contribution in [2.24, 2.45) is 0 Å². The van der Waals surface area contributed by atoms with Gasteiger partial charge in [0.2, 0.25) is 7.37 Å². The quantitative estimate of drug-likeness (QED) is 0.156. The fraction of sp³-hybridized carbons (Fsp3) is 1.00. The smallest absolute Gasteiger partial charge is 0.330 e. The Kier molecular flexibility index (Phi) is 20.8. The van der Waals surface area contributed by atoms with E-state index in [1.54, 1.807) is 27.7 Å². The molecule has 0 heterocycles. The molecule has 0 fully saturated rings. The molecule has 10 nitrogen and oxygen atoms in total. The average Bonchev–Trinajstić information content (AvgIpc) is 2.69. The molecular formula is C20H46O10P2. The van der Waals surface area contributed by atoms with E-state index >= 15 is 0 Å². The normalized spacial score (nSPS) is 16.5. The summed E-state index contributed by atoms with van der Waals surface area (Å²) < 4.78 is 49.6. The lowest BCUT2D eigenvalue weighted by Gasteiger charge is -2.18. The van der Waals surface area contributed by atoms with Crippen LogP contribution in [-0.4, -0.2) is 97.9 Å². The Labute approximate surface area is 193 Å². The summed E-state index contributed by atoms with van der Waals surface area (Å²) in [5.74, 6) is 0. The summed E-state index contributed by atoms with van der Waals surface area (Å²) in [5, 5.41) is 9.66. The number of unbranched alkanes of at least 4 members (excludes halogenated alkanes) is 1. The van der Waals surface area contributed by atoms with Gasteiger partial charge in [0.1, 0.15) is 6.10 Å². The zero-order chi connectivity index (χ0) is 23.8. The van der Waals surface area contributed by atoms with Crippen molar-refractivity contribution < 1.29 is 47.5 Å². The van der Waals surface area contributed by atoms with E-state index in [0.29, 0.717) is 52.2 Å². The fourth-order valence-electron chi connectivity index (χ4n) is 2.07. The molecule has 196 valence electrons. The van der Waals surface area contributed by atoms with E-state index in [4.69, 9.17) is 23.5 Å². The van der Waals surface area contributed by atoms with Gasteiger partial charge in [-0.05, 0) is 12.8 Å². The molecule has 0 spiro atoms. The van der Waals surface area contributed by atoms with Crippen LogP contribution in [0.15, 0.2) is 0 Å². The van der Waals surface area contributed by atoms with Crippen molar-refractivity contribution in [3.05, 3.63) is 0 Å². The summed E-state index contributed by atoms with van der Waals surface area (Å²) in [4.78, 5) is 19.2. The highest BCUT2D eigenvalue weighted by atomic mass is 31.2. The molecule has 0 aromatic carbocycles. The van der Waals surface area contributed by atoms with Gasteiger partial charge in [-0.25, -0.2) is 0 Å². The number of ether oxygens (including phenoxy) is 4.